The Morgan fingerprint density at radius 3 is 1.42 bits per heavy atom. The average molecular weight is 447 g/mol. The molecule has 172 valence electrons. The molecule has 33 heavy (non-hydrogen) atoms. The van der Waals surface area contributed by atoms with Crippen LogP contribution < -0.4 is 9.13 Å². The maximum Gasteiger partial charge on any atom is 0.252 e. The molecular formula is C27H34N4O2+2. The third kappa shape index (κ3) is 4.80. The molecule has 4 aromatic rings. The predicted molar refractivity (Wildman–Crippen MR) is 128 cm³/mol. The lowest BCUT2D eigenvalue weighted by atomic mass is 9.87. The molecule has 0 radical (unpaired) electrons. The summed E-state index contributed by atoms with van der Waals surface area (Å²) in [6, 6.07) is 11.5. The number of imidazole rings is 2. The molecule has 2 aromatic heterocycles. The highest BCUT2D eigenvalue weighted by Gasteiger charge is 2.21. The lowest BCUT2D eigenvalue weighted by Crippen LogP contribution is -2.49. The molecule has 6 nitrogen and oxygen atoms in total. The fraction of sp³-hybridized carbons (Fsp3) is 0.333. The van der Waals surface area contributed by atoms with Gasteiger partial charge in [0.15, 0.2) is 22.9 Å². The van der Waals surface area contributed by atoms with Gasteiger partial charge in [-0.2, -0.15) is 18.3 Å². The molecule has 0 aliphatic rings. The molecule has 0 aliphatic heterocycles. The van der Waals surface area contributed by atoms with E-state index < -0.39 is 0 Å². The minimum Gasteiger partial charge on any atom is -0.504 e. The summed E-state index contributed by atoms with van der Waals surface area (Å²) in [4.78, 5) is 0. The van der Waals surface area contributed by atoms with Crippen LogP contribution in [0.1, 0.15) is 52.7 Å². The van der Waals surface area contributed by atoms with E-state index in [9.17, 15) is 10.2 Å². The van der Waals surface area contributed by atoms with Crippen molar-refractivity contribution in [3.63, 3.8) is 0 Å². The molecule has 0 atom stereocenters. The maximum atomic E-state index is 10.4. The molecule has 2 N–H and O–H groups in total. The second-order valence-corrected chi connectivity index (χ2v) is 10.7. The SMILES string of the molecule is CC(C)(C)c1ccc(O)c(-n2cc[n+](C[n+]3ccn(-c4cc(C(C)(C)C)ccc4O)c3)c2)c1. The molecule has 4 rings (SSSR count). The van der Waals surface area contributed by atoms with Crippen LogP contribution in [0.15, 0.2) is 73.8 Å². The first-order valence-corrected chi connectivity index (χ1v) is 11.2. The number of benzene rings is 2. The summed E-state index contributed by atoms with van der Waals surface area (Å²) in [5, 5.41) is 20.9. The van der Waals surface area contributed by atoms with Gasteiger partial charge in [0.1, 0.15) is 24.8 Å². The van der Waals surface area contributed by atoms with Crippen molar-refractivity contribution < 1.29 is 19.3 Å². The fourth-order valence-corrected chi connectivity index (χ4v) is 3.82. The number of hydrogen-bond donors (Lipinski definition) is 2. The standard InChI is InChI=1S/C27H32N4O2/c1-26(2,3)20-7-9-24(32)22(15-20)30-13-11-28(18-30)17-29-12-14-31(19-29)23-16-21(27(4,5)6)8-10-25(23)33/h7-16,18-19H,17H2,1-6H3/p+2. The highest BCUT2D eigenvalue weighted by molar-refractivity contribution is 5.50. The zero-order valence-corrected chi connectivity index (χ0v) is 20.3. The summed E-state index contributed by atoms with van der Waals surface area (Å²) >= 11 is 0. The molecule has 6 heteroatoms. The van der Waals surface area contributed by atoms with Crippen molar-refractivity contribution in [2.24, 2.45) is 0 Å². The normalized spacial score (nSPS) is 12.3. The van der Waals surface area contributed by atoms with Gasteiger partial charge in [-0.05, 0) is 46.2 Å². The Labute approximate surface area is 195 Å². The third-order valence-corrected chi connectivity index (χ3v) is 5.95. The molecular weight excluding hydrogens is 412 g/mol. The van der Waals surface area contributed by atoms with E-state index in [1.54, 1.807) is 12.1 Å². The van der Waals surface area contributed by atoms with Crippen molar-refractivity contribution >= 4 is 0 Å². The Balaban J connectivity index is 1.58. The Hall–Kier alpha value is -3.54. The monoisotopic (exact) mass is 446 g/mol. The van der Waals surface area contributed by atoms with Crippen molar-refractivity contribution in [3.05, 3.63) is 85.0 Å². The van der Waals surface area contributed by atoms with E-state index in [0.29, 0.717) is 6.67 Å². The van der Waals surface area contributed by atoms with Crippen LogP contribution in [0.3, 0.4) is 0 Å². The van der Waals surface area contributed by atoms with Crippen LogP contribution in [0.25, 0.3) is 11.4 Å². The van der Waals surface area contributed by atoms with E-state index in [1.165, 1.54) is 11.1 Å². The lowest BCUT2D eigenvalue weighted by molar-refractivity contribution is -0.912. The van der Waals surface area contributed by atoms with Gasteiger partial charge in [-0.25, -0.2) is 0 Å². The van der Waals surface area contributed by atoms with Crippen molar-refractivity contribution in [1.82, 2.24) is 9.13 Å². The topological polar surface area (TPSA) is 58.1 Å². The van der Waals surface area contributed by atoms with Crippen LogP contribution in [0, 0.1) is 0 Å². The Morgan fingerprint density at radius 2 is 1.06 bits per heavy atom. The van der Waals surface area contributed by atoms with Crippen molar-refractivity contribution in [1.29, 1.82) is 0 Å². The molecule has 0 aliphatic carbocycles. The van der Waals surface area contributed by atoms with E-state index >= 15 is 0 Å². The zero-order valence-electron chi connectivity index (χ0n) is 20.3. The van der Waals surface area contributed by atoms with Gasteiger partial charge in [-0.1, -0.05) is 53.7 Å². The van der Waals surface area contributed by atoms with E-state index in [2.05, 4.69) is 41.5 Å². The molecule has 0 spiro atoms. The van der Waals surface area contributed by atoms with Crippen LogP contribution in [0.2, 0.25) is 0 Å². The van der Waals surface area contributed by atoms with Gasteiger partial charge in [0.05, 0.1) is 0 Å². The number of rotatable bonds is 4. The molecule has 0 amide bonds. The quantitative estimate of drug-likeness (QED) is 0.458. The number of phenols is 2. The van der Waals surface area contributed by atoms with Crippen LogP contribution in [-0.2, 0) is 17.5 Å². The highest BCUT2D eigenvalue weighted by Crippen LogP contribution is 2.30. The summed E-state index contributed by atoms with van der Waals surface area (Å²) in [5.74, 6) is 0.498. The molecule has 0 bridgehead atoms. The van der Waals surface area contributed by atoms with Gasteiger partial charge in [0.2, 0.25) is 6.67 Å². The number of nitrogens with zero attached hydrogens (tertiary/aromatic N) is 4. The Bertz CT molecular complexity index is 1190. The molecule has 2 heterocycles. The van der Waals surface area contributed by atoms with Crippen LogP contribution in [0.4, 0.5) is 0 Å². The molecule has 0 fully saturated rings. The van der Waals surface area contributed by atoms with E-state index in [0.717, 1.165) is 11.4 Å². The zero-order chi connectivity index (χ0) is 24.0. The van der Waals surface area contributed by atoms with E-state index in [1.807, 2.05) is 80.0 Å². The van der Waals surface area contributed by atoms with Gasteiger partial charge in [-0.3, -0.25) is 0 Å². The van der Waals surface area contributed by atoms with Crippen molar-refractivity contribution in [2.45, 2.75) is 59.0 Å². The van der Waals surface area contributed by atoms with Crippen LogP contribution in [0.5, 0.6) is 11.5 Å². The van der Waals surface area contributed by atoms with Gasteiger partial charge in [0.25, 0.3) is 12.7 Å². The summed E-state index contributed by atoms with van der Waals surface area (Å²) in [6.07, 6.45) is 11.8. The molecule has 2 aromatic carbocycles. The summed E-state index contributed by atoms with van der Waals surface area (Å²) in [5.41, 5.74) is 3.85. The van der Waals surface area contributed by atoms with Crippen molar-refractivity contribution in [2.75, 3.05) is 0 Å². The first-order valence-electron chi connectivity index (χ1n) is 11.2. The molecule has 0 unspecified atom stereocenters. The van der Waals surface area contributed by atoms with Crippen LogP contribution in [-0.4, -0.2) is 19.3 Å². The first-order chi connectivity index (χ1) is 15.4. The number of aromatic nitrogens is 4. The minimum atomic E-state index is 0.000191. The summed E-state index contributed by atoms with van der Waals surface area (Å²) < 4.78 is 7.94. The van der Waals surface area contributed by atoms with Crippen LogP contribution >= 0.6 is 0 Å². The fourth-order valence-electron chi connectivity index (χ4n) is 3.82. The van der Waals surface area contributed by atoms with E-state index in [-0.39, 0.29) is 22.3 Å². The Kier molecular flexibility index (Phi) is 5.56. The number of hydrogen-bond acceptors (Lipinski definition) is 2. The minimum absolute atomic E-state index is 0.000191. The Morgan fingerprint density at radius 1 is 0.667 bits per heavy atom. The predicted octanol–water partition coefficient (Wildman–Crippen LogP) is 4.36. The van der Waals surface area contributed by atoms with Gasteiger partial charge >= 0.3 is 0 Å². The smallest absolute Gasteiger partial charge is 0.252 e. The second kappa shape index (κ2) is 8.10. The first kappa shape index (κ1) is 22.6. The highest BCUT2D eigenvalue weighted by atomic mass is 16.3. The van der Waals surface area contributed by atoms with Gasteiger partial charge in [0, 0.05) is 0 Å². The molecule has 0 saturated heterocycles. The average Bonchev–Trinajstić information content (AvgIpc) is 3.37. The number of phenolic OH excluding ortho intramolecular Hbond substituents is 2. The van der Waals surface area contributed by atoms with Gasteiger partial charge in [-0.15, -0.1) is 0 Å². The summed E-state index contributed by atoms with van der Waals surface area (Å²) in [7, 11) is 0. The van der Waals surface area contributed by atoms with Gasteiger partial charge < -0.3 is 10.2 Å². The summed E-state index contributed by atoms with van der Waals surface area (Å²) in [6.45, 7) is 13.6. The van der Waals surface area contributed by atoms with Crippen molar-refractivity contribution in [3.8, 4) is 22.9 Å². The second-order valence-electron chi connectivity index (χ2n) is 10.7. The lowest BCUT2D eigenvalue weighted by Gasteiger charge is -2.19. The molecule has 0 saturated carbocycles. The largest absolute Gasteiger partial charge is 0.504 e. The van der Waals surface area contributed by atoms with E-state index in [4.69, 9.17) is 0 Å². The number of aromatic hydroxyl groups is 2. The third-order valence-electron chi connectivity index (χ3n) is 5.95. The maximum absolute atomic E-state index is 10.4.